The van der Waals surface area contributed by atoms with Crippen LogP contribution in [0, 0.1) is 5.82 Å². The molecule has 0 bridgehead atoms. The van der Waals surface area contributed by atoms with Gasteiger partial charge in [-0.1, -0.05) is 6.07 Å². The van der Waals surface area contributed by atoms with Gasteiger partial charge in [0, 0.05) is 11.8 Å². The molecule has 0 aliphatic rings. The summed E-state index contributed by atoms with van der Waals surface area (Å²) in [5.41, 5.74) is 2.44. The molecule has 0 fully saturated rings. The van der Waals surface area contributed by atoms with Gasteiger partial charge < -0.3 is 5.32 Å². The van der Waals surface area contributed by atoms with Gasteiger partial charge in [0.2, 0.25) is 0 Å². The van der Waals surface area contributed by atoms with E-state index in [9.17, 15) is 9.18 Å². The van der Waals surface area contributed by atoms with E-state index in [1.165, 1.54) is 12.1 Å². The van der Waals surface area contributed by atoms with E-state index in [0.29, 0.717) is 11.4 Å². The molecule has 5 nitrogen and oxygen atoms in total. The van der Waals surface area contributed by atoms with E-state index in [1.54, 1.807) is 24.4 Å². The maximum absolute atomic E-state index is 12.9. The number of amides is 1. The Kier molecular flexibility index (Phi) is 4.14. The number of hydrogen-bond acceptors (Lipinski definition) is 3. The van der Waals surface area contributed by atoms with E-state index in [-0.39, 0.29) is 17.8 Å². The Morgan fingerprint density at radius 3 is 2.70 bits per heavy atom. The van der Waals surface area contributed by atoms with Crippen LogP contribution in [-0.4, -0.2) is 21.1 Å². The Balaban J connectivity index is 1.72. The lowest BCUT2D eigenvalue weighted by Crippen LogP contribution is -2.27. The molecule has 116 valence electrons. The third-order valence-corrected chi connectivity index (χ3v) is 3.44. The van der Waals surface area contributed by atoms with E-state index in [2.05, 4.69) is 20.5 Å². The molecule has 0 saturated heterocycles. The van der Waals surface area contributed by atoms with E-state index in [4.69, 9.17) is 0 Å². The van der Waals surface area contributed by atoms with Gasteiger partial charge in [-0.15, -0.1) is 0 Å². The zero-order chi connectivity index (χ0) is 16.2. The van der Waals surface area contributed by atoms with Crippen molar-refractivity contribution in [2.45, 2.75) is 13.0 Å². The summed E-state index contributed by atoms with van der Waals surface area (Å²) in [4.78, 5) is 16.5. The van der Waals surface area contributed by atoms with E-state index in [1.807, 2.05) is 25.1 Å². The Hall–Kier alpha value is -3.02. The molecule has 0 saturated carbocycles. The maximum atomic E-state index is 12.9. The predicted molar refractivity (Wildman–Crippen MR) is 84.1 cm³/mol. The SMILES string of the molecule is C[C@H](NC(=O)c1cc(-c2ccc(F)cc2)n[nH]1)c1ccccn1. The molecule has 2 aromatic heterocycles. The first-order valence-corrected chi connectivity index (χ1v) is 7.16. The fourth-order valence-electron chi connectivity index (χ4n) is 2.19. The van der Waals surface area contributed by atoms with Crippen molar-refractivity contribution in [1.82, 2.24) is 20.5 Å². The van der Waals surface area contributed by atoms with Gasteiger partial charge >= 0.3 is 0 Å². The zero-order valence-corrected chi connectivity index (χ0v) is 12.5. The van der Waals surface area contributed by atoms with Gasteiger partial charge in [0.15, 0.2) is 0 Å². The topological polar surface area (TPSA) is 70.7 Å². The van der Waals surface area contributed by atoms with Gasteiger partial charge in [-0.25, -0.2) is 4.39 Å². The van der Waals surface area contributed by atoms with Crippen molar-refractivity contribution in [3.63, 3.8) is 0 Å². The second-order valence-corrected chi connectivity index (χ2v) is 5.12. The van der Waals surface area contributed by atoms with Gasteiger partial charge in [0.1, 0.15) is 11.5 Å². The smallest absolute Gasteiger partial charge is 0.269 e. The summed E-state index contributed by atoms with van der Waals surface area (Å²) in [6.45, 7) is 1.86. The fourth-order valence-corrected chi connectivity index (χ4v) is 2.19. The highest BCUT2D eigenvalue weighted by Crippen LogP contribution is 2.18. The lowest BCUT2D eigenvalue weighted by Gasteiger charge is -2.12. The van der Waals surface area contributed by atoms with Crippen LogP contribution in [0.25, 0.3) is 11.3 Å². The Morgan fingerprint density at radius 2 is 2.00 bits per heavy atom. The molecule has 0 aliphatic heterocycles. The molecule has 1 aromatic carbocycles. The highest BCUT2D eigenvalue weighted by atomic mass is 19.1. The number of nitrogens with one attached hydrogen (secondary N) is 2. The fraction of sp³-hybridized carbons (Fsp3) is 0.118. The van der Waals surface area contributed by atoms with Crippen LogP contribution in [0.15, 0.2) is 54.7 Å². The van der Waals surface area contributed by atoms with E-state index >= 15 is 0 Å². The van der Waals surface area contributed by atoms with Gasteiger partial charge in [0.05, 0.1) is 17.4 Å². The average molecular weight is 310 g/mol. The van der Waals surface area contributed by atoms with Crippen LogP contribution in [0.4, 0.5) is 4.39 Å². The first-order valence-electron chi connectivity index (χ1n) is 7.16. The number of nitrogens with zero attached hydrogens (tertiary/aromatic N) is 2. The Morgan fingerprint density at radius 1 is 1.22 bits per heavy atom. The van der Waals surface area contributed by atoms with Gasteiger partial charge in [-0.3, -0.25) is 14.9 Å². The number of aromatic amines is 1. The molecule has 2 heterocycles. The van der Waals surface area contributed by atoms with Crippen LogP contribution in [0.2, 0.25) is 0 Å². The lowest BCUT2D eigenvalue weighted by atomic mass is 10.1. The third-order valence-electron chi connectivity index (χ3n) is 3.44. The second-order valence-electron chi connectivity index (χ2n) is 5.12. The molecule has 1 atom stereocenters. The molecular weight excluding hydrogens is 295 g/mol. The maximum Gasteiger partial charge on any atom is 0.269 e. The standard InChI is InChI=1S/C17H15FN4O/c1-11(14-4-2-3-9-19-14)20-17(23)16-10-15(21-22-16)12-5-7-13(18)8-6-12/h2-11H,1H3,(H,20,23)(H,21,22)/t11-/m0/s1. The quantitative estimate of drug-likeness (QED) is 0.778. The first-order chi connectivity index (χ1) is 11.1. The van der Waals surface area contributed by atoms with E-state index < -0.39 is 0 Å². The number of H-pyrrole nitrogens is 1. The van der Waals surface area contributed by atoms with Crippen LogP contribution in [0.5, 0.6) is 0 Å². The highest BCUT2D eigenvalue weighted by Gasteiger charge is 2.15. The number of aromatic nitrogens is 3. The highest BCUT2D eigenvalue weighted by molar-refractivity contribution is 5.93. The molecule has 0 radical (unpaired) electrons. The third kappa shape index (κ3) is 3.42. The summed E-state index contributed by atoms with van der Waals surface area (Å²) >= 11 is 0. The van der Waals surface area contributed by atoms with Crippen molar-refractivity contribution in [3.8, 4) is 11.3 Å². The van der Waals surface area contributed by atoms with Crippen molar-refractivity contribution in [2.24, 2.45) is 0 Å². The first kappa shape index (κ1) is 14.9. The van der Waals surface area contributed by atoms with Crippen LogP contribution in [0.1, 0.15) is 29.1 Å². The predicted octanol–water partition coefficient (Wildman–Crippen LogP) is 3.10. The van der Waals surface area contributed by atoms with Gasteiger partial charge in [-0.05, 0) is 49.4 Å². The summed E-state index contributed by atoms with van der Waals surface area (Å²) < 4.78 is 12.9. The number of benzene rings is 1. The zero-order valence-electron chi connectivity index (χ0n) is 12.5. The van der Waals surface area contributed by atoms with Crippen molar-refractivity contribution in [2.75, 3.05) is 0 Å². The van der Waals surface area contributed by atoms with Crippen molar-refractivity contribution in [1.29, 1.82) is 0 Å². The van der Waals surface area contributed by atoms with E-state index in [0.717, 1.165) is 11.3 Å². The molecule has 0 spiro atoms. The Bertz CT molecular complexity index is 799. The minimum Gasteiger partial charge on any atom is -0.343 e. The molecule has 0 aliphatic carbocycles. The van der Waals surface area contributed by atoms with Crippen LogP contribution in [-0.2, 0) is 0 Å². The van der Waals surface area contributed by atoms with Crippen molar-refractivity contribution in [3.05, 3.63) is 71.9 Å². The minimum atomic E-state index is -0.313. The summed E-state index contributed by atoms with van der Waals surface area (Å²) in [5, 5.41) is 9.65. The number of hydrogen-bond donors (Lipinski definition) is 2. The molecule has 6 heteroatoms. The van der Waals surface area contributed by atoms with Crippen LogP contribution < -0.4 is 5.32 Å². The molecule has 1 amide bonds. The van der Waals surface area contributed by atoms with Crippen LogP contribution in [0.3, 0.4) is 0 Å². The lowest BCUT2D eigenvalue weighted by molar-refractivity contribution is 0.0934. The van der Waals surface area contributed by atoms with Gasteiger partial charge in [-0.2, -0.15) is 5.10 Å². The molecule has 3 rings (SSSR count). The van der Waals surface area contributed by atoms with Crippen LogP contribution >= 0.6 is 0 Å². The summed E-state index contributed by atoms with van der Waals surface area (Å²) in [5.74, 6) is -0.588. The summed E-state index contributed by atoms with van der Waals surface area (Å²) in [7, 11) is 0. The molecule has 0 unspecified atom stereocenters. The second kappa shape index (κ2) is 6.39. The number of rotatable bonds is 4. The normalized spacial score (nSPS) is 11.9. The number of carbonyl (C=O) groups is 1. The Labute approximate surface area is 132 Å². The van der Waals surface area contributed by atoms with Crippen molar-refractivity contribution >= 4 is 5.91 Å². The molecular formula is C17H15FN4O. The molecule has 2 N–H and O–H groups in total. The average Bonchev–Trinajstić information content (AvgIpc) is 3.06. The summed E-state index contributed by atoms with van der Waals surface area (Å²) in [6.07, 6.45) is 1.68. The summed E-state index contributed by atoms with van der Waals surface area (Å²) in [6, 6.07) is 12.9. The number of pyridine rings is 1. The van der Waals surface area contributed by atoms with Gasteiger partial charge in [0.25, 0.3) is 5.91 Å². The van der Waals surface area contributed by atoms with Crippen molar-refractivity contribution < 1.29 is 9.18 Å². The minimum absolute atomic E-state index is 0.221. The number of halogens is 1. The monoisotopic (exact) mass is 310 g/mol. The largest absolute Gasteiger partial charge is 0.343 e. The molecule has 3 aromatic rings. The molecule has 23 heavy (non-hydrogen) atoms. The number of carbonyl (C=O) groups excluding carboxylic acids is 1.